The zero-order valence-electron chi connectivity index (χ0n) is 10.4. The van der Waals surface area contributed by atoms with Crippen molar-refractivity contribution in [2.75, 3.05) is 17.7 Å². The zero-order valence-corrected chi connectivity index (χ0v) is 11.2. The third-order valence-electron chi connectivity index (χ3n) is 2.48. The molecule has 6 heteroatoms. The fourth-order valence-electron chi connectivity index (χ4n) is 1.52. The smallest absolute Gasteiger partial charge is 0.262 e. The standard InChI is InChI=1S/C14H12ClFN2O2/c15-10-3-1-2-4-13(10)20-8-14(19)18-9-5-6-11(16)12(17)7-9/h1-7H,8,17H2,(H,18,19). The van der Waals surface area contributed by atoms with E-state index in [1.54, 1.807) is 24.3 Å². The van der Waals surface area contributed by atoms with E-state index in [2.05, 4.69) is 5.32 Å². The summed E-state index contributed by atoms with van der Waals surface area (Å²) in [5.74, 6) is -0.505. The Kier molecular flexibility index (Phi) is 4.42. The van der Waals surface area contributed by atoms with Crippen LogP contribution < -0.4 is 15.8 Å². The van der Waals surface area contributed by atoms with E-state index >= 15 is 0 Å². The van der Waals surface area contributed by atoms with E-state index in [4.69, 9.17) is 22.1 Å². The van der Waals surface area contributed by atoms with Crippen LogP contribution in [0.15, 0.2) is 42.5 Å². The number of nitrogens with one attached hydrogen (secondary N) is 1. The number of carbonyl (C=O) groups is 1. The minimum atomic E-state index is -0.532. The first kappa shape index (κ1) is 14.1. The molecular weight excluding hydrogens is 283 g/mol. The summed E-state index contributed by atoms with van der Waals surface area (Å²) in [6.07, 6.45) is 0. The average Bonchev–Trinajstić information content (AvgIpc) is 2.42. The lowest BCUT2D eigenvalue weighted by molar-refractivity contribution is -0.118. The molecule has 0 spiro atoms. The van der Waals surface area contributed by atoms with Crippen molar-refractivity contribution in [3.05, 3.63) is 53.3 Å². The molecule has 0 saturated carbocycles. The Labute approximate surface area is 120 Å². The number of anilines is 2. The lowest BCUT2D eigenvalue weighted by Gasteiger charge is -2.09. The SMILES string of the molecule is Nc1cc(NC(=O)COc2ccccc2Cl)ccc1F. The van der Waals surface area contributed by atoms with E-state index < -0.39 is 11.7 Å². The number of para-hydroxylation sites is 1. The topological polar surface area (TPSA) is 64.3 Å². The molecule has 3 N–H and O–H groups in total. The summed E-state index contributed by atoms with van der Waals surface area (Å²) >= 11 is 5.89. The number of amides is 1. The van der Waals surface area contributed by atoms with Crippen molar-refractivity contribution in [2.45, 2.75) is 0 Å². The number of rotatable bonds is 4. The van der Waals surface area contributed by atoms with Gasteiger partial charge in [-0.25, -0.2) is 4.39 Å². The quantitative estimate of drug-likeness (QED) is 0.852. The highest BCUT2D eigenvalue weighted by atomic mass is 35.5. The van der Waals surface area contributed by atoms with Crippen LogP contribution in [0.1, 0.15) is 0 Å². The molecule has 104 valence electrons. The summed E-state index contributed by atoms with van der Waals surface area (Å²) in [7, 11) is 0. The summed E-state index contributed by atoms with van der Waals surface area (Å²) in [5.41, 5.74) is 5.77. The highest BCUT2D eigenvalue weighted by Crippen LogP contribution is 2.23. The molecule has 1 amide bonds. The zero-order chi connectivity index (χ0) is 14.5. The van der Waals surface area contributed by atoms with Gasteiger partial charge < -0.3 is 15.8 Å². The summed E-state index contributed by atoms with van der Waals surface area (Å²) in [5, 5.41) is 2.97. The lowest BCUT2D eigenvalue weighted by Crippen LogP contribution is -2.20. The highest BCUT2D eigenvalue weighted by molar-refractivity contribution is 6.32. The lowest BCUT2D eigenvalue weighted by atomic mass is 10.2. The van der Waals surface area contributed by atoms with Gasteiger partial charge in [0.1, 0.15) is 11.6 Å². The number of hydrogen-bond acceptors (Lipinski definition) is 3. The number of ether oxygens (including phenoxy) is 1. The van der Waals surface area contributed by atoms with Gasteiger partial charge in [0, 0.05) is 5.69 Å². The predicted molar refractivity (Wildman–Crippen MR) is 76.4 cm³/mol. The molecule has 2 rings (SSSR count). The van der Waals surface area contributed by atoms with Crippen LogP contribution in [0.3, 0.4) is 0 Å². The van der Waals surface area contributed by atoms with Crippen molar-refractivity contribution in [1.82, 2.24) is 0 Å². The maximum Gasteiger partial charge on any atom is 0.262 e. The summed E-state index contributed by atoms with van der Waals surface area (Å²) < 4.78 is 18.2. The fourth-order valence-corrected chi connectivity index (χ4v) is 1.71. The molecule has 0 heterocycles. The van der Waals surface area contributed by atoms with E-state index in [-0.39, 0.29) is 12.3 Å². The van der Waals surface area contributed by atoms with E-state index in [0.29, 0.717) is 16.5 Å². The largest absolute Gasteiger partial charge is 0.482 e. The second kappa shape index (κ2) is 6.25. The van der Waals surface area contributed by atoms with Gasteiger partial charge in [0.2, 0.25) is 0 Å². The molecule has 2 aromatic rings. The summed E-state index contributed by atoms with van der Waals surface area (Å²) in [4.78, 5) is 11.7. The third kappa shape index (κ3) is 3.61. The second-order valence-corrected chi connectivity index (χ2v) is 4.41. The highest BCUT2D eigenvalue weighted by Gasteiger charge is 2.07. The van der Waals surface area contributed by atoms with Gasteiger partial charge in [0.05, 0.1) is 10.7 Å². The van der Waals surface area contributed by atoms with Gasteiger partial charge in [-0.05, 0) is 30.3 Å². The van der Waals surface area contributed by atoms with Crippen LogP contribution in [-0.2, 0) is 4.79 Å². The first-order valence-corrected chi connectivity index (χ1v) is 6.16. The van der Waals surface area contributed by atoms with Crippen molar-refractivity contribution in [2.24, 2.45) is 0 Å². The Hall–Kier alpha value is -2.27. The molecule has 0 aliphatic rings. The number of hydrogen-bond donors (Lipinski definition) is 2. The number of benzene rings is 2. The Morgan fingerprint density at radius 2 is 2.05 bits per heavy atom. The summed E-state index contributed by atoms with van der Waals surface area (Å²) in [6.45, 7) is -0.207. The van der Waals surface area contributed by atoms with Crippen LogP contribution in [-0.4, -0.2) is 12.5 Å². The van der Waals surface area contributed by atoms with Crippen LogP contribution in [0.2, 0.25) is 5.02 Å². The molecule has 0 bridgehead atoms. The molecule has 0 aliphatic carbocycles. The van der Waals surface area contributed by atoms with Gasteiger partial charge in [-0.1, -0.05) is 23.7 Å². The van der Waals surface area contributed by atoms with Gasteiger partial charge >= 0.3 is 0 Å². The van der Waals surface area contributed by atoms with Crippen LogP contribution in [0.25, 0.3) is 0 Å². The molecule has 0 fully saturated rings. The number of nitrogens with two attached hydrogens (primary N) is 1. The molecule has 20 heavy (non-hydrogen) atoms. The molecular formula is C14H12ClFN2O2. The molecule has 0 radical (unpaired) electrons. The maximum atomic E-state index is 13.0. The van der Waals surface area contributed by atoms with Crippen molar-refractivity contribution in [3.8, 4) is 5.75 Å². The van der Waals surface area contributed by atoms with E-state index in [1.165, 1.54) is 18.2 Å². The summed E-state index contributed by atoms with van der Waals surface area (Å²) in [6, 6.07) is 10.8. The van der Waals surface area contributed by atoms with Gasteiger partial charge in [0.25, 0.3) is 5.91 Å². The molecule has 0 saturated heterocycles. The normalized spacial score (nSPS) is 10.1. The first-order chi connectivity index (χ1) is 9.56. The maximum absolute atomic E-state index is 13.0. The molecule has 0 aliphatic heterocycles. The first-order valence-electron chi connectivity index (χ1n) is 5.78. The van der Waals surface area contributed by atoms with E-state index in [1.807, 2.05) is 0 Å². The molecule has 0 atom stereocenters. The number of halogens is 2. The fraction of sp³-hybridized carbons (Fsp3) is 0.0714. The molecule has 2 aromatic carbocycles. The molecule has 4 nitrogen and oxygen atoms in total. The van der Waals surface area contributed by atoms with Crippen LogP contribution >= 0.6 is 11.6 Å². The molecule has 0 unspecified atom stereocenters. The Morgan fingerprint density at radius 3 is 2.75 bits per heavy atom. The van der Waals surface area contributed by atoms with E-state index in [0.717, 1.165) is 0 Å². The Balaban J connectivity index is 1.93. The number of carbonyl (C=O) groups excluding carboxylic acids is 1. The average molecular weight is 295 g/mol. The minimum absolute atomic E-state index is 0.0326. The van der Waals surface area contributed by atoms with Gasteiger partial charge in [-0.15, -0.1) is 0 Å². The van der Waals surface area contributed by atoms with Gasteiger partial charge in [0.15, 0.2) is 6.61 Å². The molecule has 0 aromatic heterocycles. The number of nitrogen functional groups attached to an aromatic ring is 1. The van der Waals surface area contributed by atoms with Gasteiger partial charge in [-0.2, -0.15) is 0 Å². The van der Waals surface area contributed by atoms with E-state index in [9.17, 15) is 9.18 Å². The monoisotopic (exact) mass is 294 g/mol. The third-order valence-corrected chi connectivity index (χ3v) is 2.79. The predicted octanol–water partition coefficient (Wildman–Crippen LogP) is 3.08. The second-order valence-electron chi connectivity index (χ2n) is 4.00. The minimum Gasteiger partial charge on any atom is -0.482 e. The Bertz CT molecular complexity index is 634. The van der Waals surface area contributed by atoms with Gasteiger partial charge in [-0.3, -0.25) is 4.79 Å². The van der Waals surface area contributed by atoms with Crippen molar-refractivity contribution in [1.29, 1.82) is 0 Å². The van der Waals surface area contributed by atoms with Crippen molar-refractivity contribution < 1.29 is 13.9 Å². The van der Waals surface area contributed by atoms with Crippen LogP contribution in [0.4, 0.5) is 15.8 Å². The Morgan fingerprint density at radius 1 is 1.30 bits per heavy atom. The van der Waals surface area contributed by atoms with Crippen molar-refractivity contribution >= 4 is 28.9 Å². The van der Waals surface area contributed by atoms with Crippen LogP contribution in [0, 0.1) is 5.82 Å². The van der Waals surface area contributed by atoms with Crippen LogP contribution in [0.5, 0.6) is 5.75 Å². The van der Waals surface area contributed by atoms with Crippen molar-refractivity contribution in [3.63, 3.8) is 0 Å².